The van der Waals surface area contributed by atoms with Gasteiger partial charge in [0.05, 0.1) is 5.56 Å². The van der Waals surface area contributed by atoms with Crippen LogP contribution >= 0.6 is 22.6 Å². The molecular weight excluding hydrogens is 414 g/mol. The Balaban J connectivity index is 1.67. The Bertz CT molecular complexity index is 833. The van der Waals surface area contributed by atoms with Crippen molar-refractivity contribution in [3.63, 3.8) is 0 Å². The van der Waals surface area contributed by atoms with Gasteiger partial charge in [0.25, 0.3) is 5.89 Å². The first-order chi connectivity index (χ1) is 11.1. The number of esters is 1. The Morgan fingerprint density at radius 3 is 2.65 bits per heavy atom. The number of hydrogen-bond acceptors (Lipinski definition) is 5. The third-order valence-electron chi connectivity index (χ3n) is 2.99. The van der Waals surface area contributed by atoms with E-state index < -0.39 is 5.97 Å². The summed E-state index contributed by atoms with van der Waals surface area (Å²) in [5, 5.41) is 3.78. The Labute approximate surface area is 144 Å². The maximum atomic E-state index is 12.9. The molecule has 0 atom stereocenters. The lowest BCUT2D eigenvalue weighted by Gasteiger charge is -2.03. The number of hydrogen-bond donors (Lipinski definition) is 0. The van der Waals surface area contributed by atoms with E-state index in [1.807, 2.05) is 12.1 Å². The van der Waals surface area contributed by atoms with Gasteiger partial charge in [0, 0.05) is 9.13 Å². The van der Waals surface area contributed by atoms with Crippen LogP contribution in [0.1, 0.15) is 16.2 Å². The molecule has 0 spiro atoms. The predicted molar refractivity (Wildman–Crippen MR) is 88.0 cm³/mol. The Morgan fingerprint density at radius 1 is 1.17 bits per heavy atom. The summed E-state index contributed by atoms with van der Waals surface area (Å²) in [5.74, 6) is -0.325. The van der Waals surface area contributed by atoms with E-state index in [0.29, 0.717) is 17.0 Å². The average Bonchev–Trinajstić information content (AvgIpc) is 3.03. The molecule has 3 aromatic rings. The SMILES string of the molecule is O=C(OCc1nc(-c2ccc(F)cc2)no1)c1ccccc1I. The third-order valence-corrected chi connectivity index (χ3v) is 3.93. The lowest BCUT2D eigenvalue weighted by Crippen LogP contribution is -2.07. The number of nitrogens with zero attached hydrogens (tertiary/aromatic N) is 2. The fourth-order valence-electron chi connectivity index (χ4n) is 1.86. The van der Waals surface area contributed by atoms with Gasteiger partial charge in [0.15, 0.2) is 6.61 Å². The molecule has 0 N–H and O–H groups in total. The summed E-state index contributed by atoms with van der Waals surface area (Å²) in [5.41, 5.74) is 1.09. The highest BCUT2D eigenvalue weighted by Crippen LogP contribution is 2.17. The molecule has 1 heterocycles. The summed E-state index contributed by atoms with van der Waals surface area (Å²) in [6.07, 6.45) is 0. The van der Waals surface area contributed by atoms with Gasteiger partial charge in [-0.05, 0) is 59.0 Å². The van der Waals surface area contributed by atoms with Gasteiger partial charge in [-0.25, -0.2) is 9.18 Å². The number of ether oxygens (including phenoxy) is 1. The van der Waals surface area contributed by atoms with Gasteiger partial charge in [0.1, 0.15) is 5.82 Å². The molecule has 0 amide bonds. The first kappa shape index (κ1) is 15.6. The molecule has 0 fully saturated rings. The van der Waals surface area contributed by atoms with Crippen molar-refractivity contribution >= 4 is 28.6 Å². The van der Waals surface area contributed by atoms with Gasteiger partial charge in [-0.15, -0.1) is 0 Å². The normalized spacial score (nSPS) is 10.5. The summed E-state index contributed by atoms with van der Waals surface area (Å²) in [4.78, 5) is 16.1. The van der Waals surface area contributed by atoms with Crippen LogP contribution in [0.4, 0.5) is 4.39 Å². The molecule has 116 valence electrons. The van der Waals surface area contributed by atoms with Crippen LogP contribution in [0, 0.1) is 9.39 Å². The second kappa shape index (κ2) is 6.86. The van der Waals surface area contributed by atoms with Crippen LogP contribution < -0.4 is 0 Å². The number of carbonyl (C=O) groups excluding carboxylic acids is 1. The predicted octanol–water partition coefficient (Wildman–Crippen LogP) is 3.84. The van der Waals surface area contributed by atoms with Crippen molar-refractivity contribution in [2.75, 3.05) is 0 Å². The van der Waals surface area contributed by atoms with Crippen LogP contribution in [0.3, 0.4) is 0 Å². The second-order valence-corrected chi connectivity index (χ2v) is 5.74. The van der Waals surface area contributed by atoms with Crippen molar-refractivity contribution < 1.29 is 18.4 Å². The zero-order chi connectivity index (χ0) is 16.2. The largest absolute Gasteiger partial charge is 0.452 e. The van der Waals surface area contributed by atoms with Gasteiger partial charge < -0.3 is 9.26 Å². The summed E-state index contributed by atoms with van der Waals surface area (Å²) in [6.45, 7) is -0.127. The van der Waals surface area contributed by atoms with E-state index in [-0.39, 0.29) is 18.3 Å². The fraction of sp³-hybridized carbons (Fsp3) is 0.0625. The summed E-state index contributed by atoms with van der Waals surface area (Å²) in [7, 11) is 0. The molecule has 2 aromatic carbocycles. The van der Waals surface area contributed by atoms with E-state index in [1.54, 1.807) is 24.3 Å². The first-order valence-electron chi connectivity index (χ1n) is 6.63. The topological polar surface area (TPSA) is 65.2 Å². The van der Waals surface area contributed by atoms with Crippen LogP contribution in [0.5, 0.6) is 0 Å². The Hall–Kier alpha value is -2.29. The van der Waals surface area contributed by atoms with Crippen molar-refractivity contribution in [3.05, 3.63) is 69.4 Å². The first-order valence-corrected chi connectivity index (χ1v) is 7.71. The molecule has 0 aliphatic heterocycles. The number of halogens is 2. The molecule has 5 nitrogen and oxygen atoms in total. The van der Waals surface area contributed by atoms with E-state index in [9.17, 15) is 9.18 Å². The van der Waals surface area contributed by atoms with Crippen LogP contribution in [0.2, 0.25) is 0 Å². The second-order valence-electron chi connectivity index (χ2n) is 4.57. The highest BCUT2D eigenvalue weighted by atomic mass is 127. The Kier molecular flexibility index (Phi) is 4.65. The zero-order valence-corrected chi connectivity index (χ0v) is 13.9. The maximum Gasteiger partial charge on any atom is 0.339 e. The van der Waals surface area contributed by atoms with Crippen LogP contribution in [0.25, 0.3) is 11.4 Å². The van der Waals surface area contributed by atoms with Gasteiger partial charge in [-0.1, -0.05) is 17.3 Å². The smallest absolute Gasteiger partial charge is 0.339 e. The van der Waals surface area contributed by atoms with Gasteiger partial charge >= 0.3 is 5.97 Å². The quantitative estimate of drug-likeness (QED) is 0.471. The minimum atomic E-state index is -0.462. The van der Waals surface area contributed by atoms with Gasteiger partial charge in [0.2, 0.25) is 5.82 Å². The number of carbonyl (C=O) groups is 1. The third kappa shape index (κ3) is 3.73. The minimum absolute atomic E-state index is 0.127. The molecule has 0 saturated heterocycles. The Morgan fingerprint density at radius 2 is 1.91 bits per heavy atom. The lowest BCUT2D eigenvalue weighted by molar-refractivity contribution is 0.0428. The highest BCUT2D eigenvalue weighted by molar-refractivity contribution is 14.1. The molecule has 0 unspecified atom stereocenters. The van der Waals surface area contributed by atoms with Gasteiger partial charge in [-0.2, -0.15) is 4.98 Å². The molecular formula is C16H10FIN2O3. The number of benzene rings is 2. The molecule has 0 radical (unpaired) electrons. The van der Waals surface area contributed by atoms with Crippen LogP contribution in [-0.2, 0) is 11.3 Å². The molecule has 0 aliphatic carbocycles. The fourth-order valence-corrected chi connectivity index (χ4v) is 2.47. The van der Waals surface area contributed by atoms with Crippen molar-refractivity contribution in [2.24, 2.45) is 0 Å². The van der Waals surface area contributed by atoms with Crippen LogP contribution in [0.15, 0.2) is 53.1 Å². The van der Waals surface area contributed by atoms with E-state index in [0.717, 1.165) is 3.57 Å². The average molecular weight is 424 g/mol. The standard InChI is InChI=1S/C16H10FIN2O3/c17-11-7-5-10(6-8-11)15-19-14(23-20-15)9-22-16(21)12-3-1-2-4-13(12)18/h1-8H,9H2. The maximum absolute atomic E-state index is 12.9. The van der Waals surface area contributed by atoms with E-state index >= 15 is 0 Å². The monoisotopic (exact) mass is 424 g/mol. The van der Waals surface area contributed by atoms with Crippen molar-refractivity contribution in [3.8, 4) is 11.4 Å². The van der Waals surface area contributed by atoms with Crippen molar-refractivity contribution in [2.45, 2.75) is 6.61 Å². The summed E-state index contributed by atoms with van der Waals surface area (Å²) >= 11 is 2.06. The summed E-state index contributed by atoms with van der Waals surface area (Å²) in [6, 6.07) is 12.8. The zero-order valence-electron chi connectivity index (χ0n) is 11.7. The van der Waals surface area contributed by atoms with Crippen molar-refractivity contribution in [1.29, 1.82) is 0 Å². The lowest BCUT2D eigenvalue weighted by atomic mass is 10.2. The molecule has 0 aliphatic rings. The van der Waals surface area contributed by atoms with Gasteiger partial charge in [-0.3, -0.25) is 0 Å². The van der Waals surface area contributed by atoms with Crippen molar-refractivity contribution in [1.82, 2.24) is 10.1 Å². The molecule has 1 aromatic heterocycles. The van der Waals surface area contributed by atoms with E-state index in [2.05, 4.69) is 32.7 Å². The van der Waals surface area contributed by atoms with Crippen LogP contribution in [-0.4, -0.2) is 16.1 Å². The summed E-state index contributed by atoms with van der Waals surface area (Å²) < 4.78 is 23.9. The molecule has 7 heteroatoms. The number of aromatic nitrogens is 2. The molecule has 0 saturated carbocycles. The number of rotatable bonds is 4. The highest BCUT2D eigenvalue weighted by Gasteiger charge is 2.14. The van der Waals surface area contributed by atoms with E-state index in [4.69, 9.17) is 9.26 Å². The minimum Gasteiger partial charge on any atom is -0.452 e. The molecule has 0 bridgehead atoms. The van der Waals surface area contributed by atoms with E-state index in [1.165, 1.54) is 12.1 Å². The molecule has 3 rings (SSSR count). The molecule has 23 heavy (non-hydrogen) atoms.